The number of nitrogens with zero attached hydrogens (tertiary/aromatic N) is 7. The van der Waals surface area contributed by atoms with Gasteiger partial charge in [-0.15, -0.1) is 0 Å². The molecule has 1 amide bonds. The van der Waals surface area contributed by atoms with E-state index in [2.05, 4.69) is 24.9 Å². The van der Waals surface area contributed by atoms with Crippen LogP contribution in [0.15, 0.2) is 60.7 Å². The minimum absolute atomic E-state index is 0.00177. The summed E-state index contributed by atoms with van der Waals surface area (Å²) in [4.78, 5) is 88.1. The van der Waals surface area contributed by atoms with Crippen molar-refractivity contribution in [3.8, 4) is 17.6 Å². The highest BCUT2D eigenvalue weighted by atomic mass is 35.5. The number of amides is 1. The van der Waals surface area contributed by atoms with E-state index in [0.29, 0.717) is 32.2 Å². The van der Waals surface area contributed by atoms with E-state index in [4.69, 9.17) is 107 Å². The molecule has 5 N–H and O–H groups in total. The number of halogens is 5. The maximum Gasteiger partial charge on any atom is 0.415 e. The van der Waals surface area contributed by atoms with Crippen LogP contribution >= 0.6 is 58.0 Å². The molecule has 0 aromatic carbocycles. The number of aromatic carboxylic acids is 5. The molecule has 0 aliphatic heterocycles. The number of carbonyl (C=O) groups is 6. The van der Waals surface area contributed by atoms with Gasteiger partial charge in [-0.05, 0) is 90.4 Å². The molecule has 5 aromatic rings. The number of hydrogen-bond donors (Lipinski definition) is 5. The van der Waals surface area contributed by atoms with Gasteiger partial charge in [-0.2, -0.15) is 0 Å². The molecule has 28 heteroatoms. The van der Waals surface area contributed by atoms with Crippen molar-refractivity contribution in [2.45, 2.75) is 60.5 Å². The molecule has 0 atom stereocenters. The normalized spacial score (nSPS) is 10.2. The Balaban J connectivity index is 0.000000479. The molecule has 0 saturated carbocycles. The molecule has 0 bridgehead atoms. The van der Waals surface area contributed by atoms with Gasteiger partial charge in [-0.1, -0.05) is 64.9 Å². The molecule has 5 rings (SSSR count). The van der Waals surface area contributed by atoms with Crippen LogP contribution in [0.4, 0.5) is 16.4 Å². The van der Waals surface area contributed by atoms with E-state index in [1.165, 1.54) is 72.7 Å². The Bertz CT molecular complexity index is 2750. The smallest absolute Gasteiger partial charge is 0.415 e. The molecule has 0 fully saturated rings. The Morgan fingerprint density at radius 2 is 0.829 bits per heavy atom. The van der Waals surface area contributed by atoms with Crippen molar-refractivity contribution in [2.24, 2.45) is 0 Å². The Labute approximate surface area is 462 Å². The summed E-state index contributed by atoms with van der Waals surface area (Å²) in [5.41, 5.74) is -0.345. The summed E-state index contributed by atoms with van der Waals surface area (Å²) in [5.74, 6) is -3.95. The third-order valence-corrected chi connectivity index (χ3v) is 9.43. The molecular formula is C48H56Cl5N7O16. The van der Waals surface area contributed by atoms with Gasteiger partial charge in [0.15, 0.2) is 0 Å². The lowest BCUT2D eigenvalue weighted by Gasteiger charge is -2.26. The number of carboxylic acids is 5. The predicted molar refractivity (Wildman–Crippen MR) is 284 cm³/mol. The summed E-state index contributed by atoms with van der Waals surface area (Å²) in [6, 6.07) is 13.1. The number of aromatic nitrogens is 5. The van der Waals surface area contributed by atoms with Crippen LogP contribution in [0, 0.1) is 0 Å². The lowest BCUT2D eigenvalue weighted by molar-refractivity contribution is 0.0576. The Hall–Kier alpha value is -7.02. The highest BCUT2D eigenvalue weighted by molar-refractivity contribution is 6.31. The lowest BCUT2D eigenvalue weighted by Crippen LogP contribution is -2.37. The zero-order valence-electron chi connectivity index (χ0n) is 42.5. The first kappa shape index (κ1) is 67.0. The van der Waals surface area contributed by atoms with Gasteiger partial charge in [0.05, 0.1) is 47.6 Å². The second-order valence-corrected chi connectivity index (χ2v) is 17.4. The van der Waals surface area contributed by atoms with Gasteiger partial charge in [0, 0.05) is 45.4 Å². The first-order chi connectivity index (χ1) is 35.6. The van der Waals surface area contributed by atoms with Crippen LogP contribution in [-0.4, -0.2) is 146 Å². The van der Waals surface area contributed by atoms with Crippen LogP contribution in [0.5, 0.6) is 17.6 Å². The third-order valence-electron chi connectivity index (χ3n) is 8.46. The quantitative estimate of drug-likeness (QED) is 0.0402. The van der Waals surface area contributed by atoms with Gasteiger partial charge in [-0.3, -0.25) is 4.90 Å². The molecule has 23 nitrogen and oxygen atoms in total. The number of rotatable bonds is 18. The average molecular weight is 1160 g/mol. The van der Waals surface area contributed by atoms with Crippen molar-refractivity contribution >= 4 is 106 Å². The van der Waals surface area contributed by atoms with E-state index in [0.717, 1.165) is 13.0 Å². The zero-order valence-corrected chi connectivity index (χ0v) is 46.3. The predicted octanol–water partition coefficient (Wildman–Crippen LogP) is 10.6. The SMILES string of the molecule is CCCOc1cc(C(=O)O)cc(Cl)n1.CCN(C(=O)OC(C)(C)C)c1cc(C(=O)O)cc(Cl)n1.CCN(C)c1cc(C(=O)O)cc(Cl)n1.CCOc1cc(C(=O)O)cc(Cl)n1.COCCOc1cc(C(=O)O)cc(Cl)n1. The second kappa shape index (κ2) is 33.8. The highest BCUT2D eigenvalue weighted by Gasteiger charge is 2.24. The maximum atomic E-state index is 12.1. The molecule has 414 valence electrons. The van der Waals surface area contributed by atoms with Crippen molar-refractivity contribution < 1.29 is 78.0 Å². The van der Waals surface area contributed by atoms with Crippen LogP contribution in [0.1, 0.15) is 107 Å². The molecule has 76 heavy (non-hydrogen) atoms. The van der Waals surface area contributed by atoms with Crippen molar-refractivity contribution in [3.63, 3.8) is 0 Å². The second-order valence-electron chi connectivity index (χ2n) is 15.5. The molecule has 0 aliphatic rings. The van der Waals surface area contributed by atoms with Crippen LogP contribution in [0.2, 0.25) is 25.8 Å². The molecular weight excluding hydrogens is 1110 g/mol. The van der Waals surface area contributed by atoms with E-state index < -0.39 is 41.5 Å². The summed E-state index contributed by atoms with van der Waals surface area (Å²) in [6.07, 6.45) is 0.225. The maximum absolute atomic E-state index is 12.1. The summed E-state index contributed by atoms with van der Waals surface area (Å²) in [5, 5.41) is 44.4. The number of pyridine rings is 5. The summed E-state index contributed by atoms with van der Waals surface area (Å²) in [7, 11) is 3.36. The van der Waals surface area contributed by atoms with Crippen LogP contribution in [-0.2, 0) is 9.47 Å². The number of carboxylic acid groups (broad SMARTS) is 5. The summed E-state index contributed by atoms with van der Waals surface area (Å²) >= 11 is 28.3. The largest absolute Gasteiger partial charge is 0.478 e. The van der Waals surface area contributed by atoms with Crippen molar-refractivity contribution in [2.75, 3.05) is 63.5 Å². The minimum atomic E-state index is -1.14. The van der Waals surface area contributed by atoms with E-state index in [1.807, 2.05) is 25.8 Å². The summed E-state index contributed by atoms with van der Waals surface area (Å²) < 4.78 is 25.3. The van der Waals surface area contributed by atoms with Gasteiger partial charge < -0.3 is 54.1 Å². The first-order valence-corrected chi connectivity index (χ1v) is 24.1. The van der Waals surface area contributed by atoms with Crippen molar-refractivity contribution in [1.82, 2.24) is 24.9 Å². The molecule has 0 radical (unpaired) electrons. The Kier molecular flexibility index (Phi) is 29.8. The van der Waals surface area contributed by atoms with Crippen molar-refractivity contribution in [3.05, 3.63) is 114 Å². The number of anilines is 2. The first-order valence-electron chi connectivity index (χ1n) is 22.2. The molecule has 0 unspecified atom stereocenters. The molecule has 0 saturated heterocycles. The Morgan fingerprint density at radius 3 is 1.16 bits per heavy atom. The van der Waals surface area contributed by atoms with Gasteiger partial charge in [0.25, 0.3) is 0 Å². The fraction of sp³-hybridized carbons (Fsp3) is 0.354. The zero-order chi connectivity index (χ0) is 57.9. The van der Waals surface area contributed by atoms with Gasteiger partial charge in [-0.25, -0.2) is 53.7 Å². The number of ether oxygens (including phenoxy) is 5. The fourth-order valence-corrected chi connectivity index (χ4v) is 6.02. The van der Waals surface area contributed by atoms with Gasteiger partial charge in [0.2, 0.25) is 17.6 Å². The average Bonchev–Trinajstić information content (AvgIpc) is 3.33. The lowest BCUT2D eigenvalue weighted by atomic mass is 10.2. The molecule has 5 aromatic heterocycles. The van der Waals surface area contributed by atoms with Crippen molar-refractivity contribution in [1.29, 1.82) is 0 Å². The topological polar surface area (TPSA) is 321 Å². The summed E-state index contributed by atoms with van der Waals surface area (Å²) in [6.45, 7) is 15.3. The molecule has 0 aliphatic carbocycles. The molecule has 0 spiro atoms. The van der Waals surface area contributed by atoms with Crippen LogP contribution in [0.3, 0.4) is 0 Å². The standard InChI is InChI=1S/C13H17ClN2O4.C9H11ClN2O2.C9H10ClNO4.C9H10ClNO3.C8H8ClNO3/c1-5-16(12(19)20-13(2,3)4)10-7-8(11(17)18)6-9(14)15-10;1-3-12(2)8-5-6(9(13)14)4-7(10)11-8;1-14-2-3-15-8-5-6(9(12)13)4-7(10)11-8;1-2-3-14-8-5-6(9(12)13)4-7(10)11-8;1-2-13-7-4-5(8(11)12)3-6(9)10-7/h6-7H,5H2,1-4H3,(H,17,18);4-5H,3H2,1-2H3,(H,13,14);4-5H,2-3H2,1H3,(H,12,13);4-5H,2-3H2,1H3,(H,12,13);3-4H,2H2,1H3,(H,11,12). The van der Waals surface area contributed by atoms with E-state index in [-0.39, 0.29) is 83.6 Å². The van der Waals surface area contributed by atoms with Gasteiger partial charge >= 0.3 is 35.9 Å². The molecule has 5 heterocycles. The number of methoxy groups -OCH3 is 1. The fourth-order valence-electron chi connectivity index (χ4n) is 5.01. The monoisotopic (exact) mass is 1160 g/mol. The van der Waals surface area contributed by atoms with Gasteiger partial charge in [0.1, 0.15) is 49.6 Å². The number of carbonyl (C=O) groups excluding carboxylic acids is 1. The third kappa shape index (κ3) is 26.0. The van der Waals surface area contributed by atoms with E-state index in [9.17, 15) is 28.8 Å². The highest BCUT2D eigenvalue weighted by Crippen LogP contribution is 2.23. The van der Waals surface area contributed by atoms with Crippen LogP contribution in [0.25, 0.3) is 0 Å². The van der Waals surface area contributed by atoms with Crippen LogP contribution < -0.4 is 24.0 Å². The van der Waals surface area contributed by atoms with E-state index in [1.54, 1.807) is 34.6 Å². The number of hydrogen-bond acceptors (Lipinski definition) is 17. The van der Waals surface area contributed by atoms with E-state index >= 15 is 0 Å². The Morgan fingerprint density at radius 1 is 0.487 bits per heavy atom. The minimum Gasteiger partial charge on any atom is -0.478 e.